The molecule has 0 bridgehead atoms. The molecule has 0 atom stereocenters. The van der Waals surface area contributed by atoms with Gasteiger partial charge < -0.3 is 29.6 Å². The molecule has 0 amide bonds. The lowest BCUT2D eigenvalue weighted by molar-refractivity contribution is 0.264. The van der Waals surface area contributed by atoms with Crippen LogP contribution >= 0.6 is 7.82 Å². The number of nitrogens with zero attached hydrogens (tertiary/aromatic N) is 2. The van der Waals surface area contributed by atoms with E-state index in [4.69, 9.17) is 29.0 Å². The van der Waals surface area contributed by atoms with Crippen LogP contribution in [0.25, 0.3) is 10.9 Å². The molecule has 1 aliphatic rings. The lowest BCUT2D eigenvalue weighted by Crippen LogP contribution is -2.28. The van der Waals surface area contributed by atoms with Crippen molar-refractivity contribution in [1.29, 1.82) is 0 Å². The molecule has 0 radical (unpaired) electrons. The van der Waals surface area contributed by atoms with Crippen LogP contribution in [0.1, 0.15) is 70.1 Å². The van der Waals surface area contributed by atoms with Gasteiger partial charge in [-0.25, -0.2) is 4.57 Å². The van der Waals surface area contributed by atoms with E-state index in [1.165, 1.54) is 86.9 Å². The van der Waals surface area contributed by atoms with Gasteiger partial charge in [0.15, 0.2) is 0 Å². The second-order valence-corrected chi connectivity index (χ2v) is 9.87. The van der Waals surface area contributed by atoms with E-state index in [-0.39, 0.29) is 0 Å². The van der Waals surface area contributed by atoms with Crippen molar-refractivity contribution in [3.8, 4) is 5.75 Å². The van der Waals surface area contributed by atoms with Gasteiger partial charge in [0, 0.05) is 23.3 Å². The van der Waals surface area contributed by atoms with Crippen LogP contribution in [0.2, 0.25) is 0 Å². The highest BCUT2D eigenvalue weighted by molar-refractivity contribution is 7.45. The fourth-order valence-corrected chi connectivity index (χ4v) is 4.35. The SMILES string of the molecule is CCCCN(CCCC)CCCNc1c2c(nc3ccc(OC)cc13)CCCC2.O=P(O)(O)O. The van der Waals surface area contributed by atoms with Crippen LogP contribution < -0.4 is 10.1 Å². The molecule has 0 fully saturated rings. The van der Waals surface area contributed by atoms with Gasteiger partial charge in [-0.15, -0.1) is 0 Å². The molecule has 0 aliphatic heterocycles. The third-order valence-corrected chi connectivity index (χ3v) is 6.08. The Balaban J connectivity index is 0.000000739. The second kappa shape index (κ2) is 14.6. The number of hydrogen-bond donors (Lipinski definition) is 4. The lowest BCUT2D eigenvalue weighted by Gasteiger charge is -2.24. The summed E-state index contributed by atoms with van der Waals surface area (Å²) in [7, 11) is -2.90. The fraction of sp³-hybridized carbons (Fsp3) is 0.640. The van der Waals surface area contributed by atoms with Crippen LogP contribution in [-0.2, 0) is 17.4 Å². The zero-order valence-corrected chi connectivity index (χ0v) is 21.8. The van der Waals surface area contributed by atoms with Crippen LogP contribution in [-0.4, -0.2) is 57.9 Å². The number of aromatic nitrogens is 1. The summed E-state index contributed by atoms with van der Waals surface area (Å²) >= 11 is 0. The van der Waals surface area contributed by atoms with Crippen molar-refractivity contribution >= 4 is 24.4 Å². The number of ether oxygens (including phenoxy) is 1. The molecule has 3 rings (SSSR count). The molecule has 0 unspecified atom stereocenters. The van der Waals surface area contributed by atoms with E-state index in [0.29, 0.717) is 0 Å². The van der Waals surface area contributed by atoms with Crippen LogP contribution in [0, 0.1) is 0 Å². The van der Waals surface area contributed by atoms with Crippen LogP contribution in [0.3, 0.4) is 0 Å². The molecule has 1 aliphatic carbocycles. The van der Waals surface area contributed by atoms with Crippen molar-refractivity contribution in [3.05, 3.63) is 29.5 Å². The van der Waals surface area contributed by atoms with Crippen LogP contribution in [0.15, 0.2) is 18.2 Å². The van der Waals surface area contributed by atoms with Crippen molar-refractivity contribution < 1.29 is 24.0 Å². The minimum absolute atomic E-state index is 0.906. The molecule has 0 saturated heterocycles. The van der Waals surface area contributed by atoms with Gasteiger partial charge >= 0.3 is 7.82 Å². The van der Waals surface area contributed by atoms with E-state index in [1.807, 2.05) is 6.07 Å². The van der Waals surface area contributed by atoms with E-state index >= 15 is 0 Å². The van der Waals surface area contributed by atoms with Gasteiger partial charge in [-0.2, -0.15) is 0 Å². The largest absolute Gasteiger partial charge is 0.497 e. The molecule has 2 aromatic rings. The fourth-order valence-electron chi connectivity index (χ4n) is 4.35. The van der Waals surface area contributed by atoms with Crippen molar-refractivity contribution in [2.24, 2.45) is 0 Å². The van der Waals surface area contributed by atoms with E-state index in [0.717, 1.165) is 30.7 Å². The number of hydrogen-bond acceptors (Lipinski definition) is 5. The monoisotopic (exact) mass is 495 g/mol. The Morgan fingerprint density at radius 1 is 1.03 bits per heavy atom. The van der Waals surface area contributed by atoms with Crippen LogP contribution in [0.5, 0.6) is 5.75 Å². The van der Waals surface area contributed by atoms with Crippen molar-refractivity contribution in [2.45, 2.75) is 71.6 Å². The number of benzene rings is 1. The second-order valence-electron chi connectivity index (χ2n) is 8.84. The van der Waals surface area contributed by atoms with Gasteiger partial charge in [-0.05, 0) is 88.3 Å². The summed E-state index contributed by atoms with van der Waals surface area (Å²) in [6.07, 6.45) is 11.1. The zero-order chi connectivity index (χ0) is 25.0. The first kappa shape index (κ1) is 28.5. The van der Waals surface area contributed by atoms with Gasteiger partial charge in [-0.3, -0.25) is 4.98 Å². The topological polar surface area (TPSA) is 115 Å². The normalized spacial score (nSPS) is 13.4. The lowest BCUT2D eigenvalue weighted by atomic mass is 9.92. The zero-order valence-electron chi connectivity index (χ0n) is 20.9. The Bertz CT molecular complexity index is 918. The molecule has 1 aromatic heterocycles. The predicted molar refractivity (Wildman–Crippen MR) is 139 cm³/mol. The highest BCUT2D eigenvalue weighted by Gasteiger charge is 2.18. The van der Waals surface area contributed by atoms with Crippen LogP contribution in [0.4, 0.5) is 5.69 Å². The summed E-state index contributed by atoms with van der Waals surface area (Å²) < 4.78 is 14.4. The summed E-state index contributed by atoms with van der Waals surface area (Å²) in [6.45, 7) is 9.23. The van der Waals surface area contributed by atoms with E-state index < -0.39 is 7.82 Å². The minimum atomic E-state index is -4.64. The minimum Gasteiger partial charge on any atom is -0.497 e. The Labute approximate surface area is 204 Å². The molecular formula is C25H42N3O5P. The van der Waals surface area contributed by atoms with Gasteiger partial charge in [0.05, 0.1) is 12.6 Å². The number of aryl methyl sites for hydroxylation is 1. The number of unbranched alkanes of at least 4 members (excludes halogenated alkanes) is 2. The molecule has 1 aromatic carbocycles. The number of nitrogens with one attached hydrogen (secondary N) is 1. The standard InChI is InChI=1S/C25H39N3O.H3O4P/c1-4-6-16-28(17-7-5-2)18-10-15-26-25-21-11-8-9-12-23(21)27-24-14-13-20(29-3)19-22(24)25;1-5(2,3)4/h13-14,19H,4-12,15-18H2,1-3H3,(H,26,27);(H3,1,2,3,4). The molecule has 8 nitrogen and oxygen atoms in total. The van der Waals surface area contributed by atoms with Gasteiger partial charge in [-0.1, -0.05) is 26.7 Å². The van der Waals surface area contributed by atoms with Crippen molar-refractivity contribution in [2.75, 3.05) is 38.6 Å². The number of fused-ring (bicyclic) bond motifs is 2. The molecule has 4 N–H and O–H groups in total. The molecule has 9 heteroatoms. The molecule has 192 valence electrons. The first-order valence-electron chi connectivity index (χ1n) is 12.5. The Morgan fingerprint density at radius 3 is 2.26 bits per heavy atom. The highest BCUT2D eigenvalue weighted by atomic mass is 31.2. The van der Waals surface area contributed by atoms with Crippen molar-refractivity contribution in [1.82, 2.24) is 9.88 Å². The summed E-state index contributed by atoms with van der Waals surface area (Å²) in [6, 6.07) is 6.27. The van der Waals surface area contributed by atoms with E-state index in [9.17, 15) is 0 Å². The number of phosphoric acid groups is 1. The molecule has 0 saturated carbocycles. The van der Waals surface area contributed by atoms with Gasteiger partial charge in [0.25, 0.3) is 0 Å². The highest BCUT2D eigenvalue weighted by Crippen LogP contribution is 2.35. The average Bonchev–Trinajstić information content (AvgIpc) is 2.80. The number of pyridine rings is 1. The Hall–Kier alpha value is -1.70. The maximum absolute atomic E-state index is 8.88. The van der Waals surface area contributed by atoms with Gasteiger partial charge in [0.2, 0.25) is 0 Å². The maximum Gasteiger partial charge on any atom is 0.466 e. The predicted octanol–water partition coefficient (Wildman–Crippen LogP) is 4.90. The smallest absolute Gasteiger partial charge is 0.466 e. The van der Waals surface area contributed by atoms with E-state index in [2.05, 4.69) is 36.2 Å². The Kier molecular flexibility index (Phi) is 12.3. The van der Waals surface area contributed by atoms with Gasteiger partial charge in [0.1, 0.15) is 5.75 Å². The quantitative estimate of drug-likeness (QED) is 0.243. The summed E-state index contributed by atoms with van der Waals surface area (Å²) in [4.78, 5) is 29.2. The third kappa shape index (κ3) is 9.88. The number of methoxy groups -OCH3 is 1. The third-order valence-electron chi connectivity index (χ3n) is 6.08. The summed E-state index contributed by atoms with van der Waals surface area (Å²) in [5.41, 5.74) is 5.12. The van der Waals surface area contributed by atoms with E-state index in [1.54, 1.807) is 7.11 Å². The molecule has 0 spiro atoms. The number of anilines is 1. The Morgan fingerprint density at radius 2 is 1.65 bits per heavy atom. The summed E-state index contributed by atoms with van der Waals surface area (Å²) in [5.74, 6) is 0.906. The first-order chi connectivity index (χ1) is 16.3. The number of rotatable bonds is 12. The molecular weight excluding hydrogens is 453 g/mol. The average molecular weight is 496 g/mol. The summed E-state index contributed by atoms with van der Waals surface area (Å²) in [5, 5.41) is 5.02. The molecule has 34 heavy (non-hydrogen) atoms. The maximum atomic E-state index is 8.88. The van der Waals surface area contributed by atoms with Crippen molar-refractivity contribution in [3.63, 3.8) is 0 Å². The molecule has 1 heterocycles. The first-order valence-corrected chi connectivity index (χ1v) is 14.1.